The smallest absolute Gasteiger partial charge is 0.333 e. The fraction of sp³-hybridized carbons (Fsp3) is 0.842. The molecule has 0 unspecified atom stereocenters. The molecule has 122 valence electrons. The lowest BCUT2D eigenvalue weighted by Crippen LogP contribution is -2.16. The topological polar surface area (TPSA) is 26.3 Å². The summed E-state index contributed by atoms with van der Waals surface area (Å²) < 4.78 is 5.11. The Morgan fingerprint density at radius 3 is 2.29 bits per heavy atom. The molecule has 2 heteroatoms. The van der Waals surface area contributed by atoms with Gasteiger partial charge in [-0.3, -0.25) is 0 Å². The Hall–Kier alpha value is -0.790. The first-order valence-electron chi connectivity index (χ1n) is 8.81. The Balaban J connectivity index is 1.97. The van der Waals surface area contributed by atoms with Crippen LogP contribution in [0, 0.1) is 17.8 Å². The van der Waals surface area contributed by atoms with Gasteiger partial charge in [0.05, 0.1) is 6.61 Å². The molecule has 1 rings (SSSR count). The second kappa shape index (κ2) is 10.0. The minimum Gasteiger partial charge on any atom is -0.462 e. The molecule has 0 aromatic rings. The van der Waals surface area contributed by atoms with E-state index in [1.165, 1.54) is 51.4 Å². The monoisotopic (exact) mass is 294 g/mol. The zero-order chi connectivity index (χ0) is 15.7. The van der Waals surface area contributed by atoms with E-state index in [0.717, 1.165) is 24.2 Å². The lowest BCUT2D eigenvalue weighted by molar-refractivity contribution is -0.139. The largest absolute Gasteiger partial charge is 0.462 e. The van der Waals surface area contributed by atoms with Crippen LogP contribution in [0.2, 0.25) is 0 Å². The summed E-state index contributed by atoms with van der Waals surface area (Å²) in [5, 5.41) is 0. The summed E-state index contributed by atoms with van der Waals surface area (Å²) in [5.41, 5.74) is 0.494. The van der Waals surface area contributed by atoms with Gasteiger partial charge in [0.15, 0.2) is 0 Å². The van der Waals surface area contributed by atoms with Crippen molar-refractivity contribution < 1.29 is 9.53 Å². The van der Waals surface area contributed by atoms with E-state index in [1.807, 2.05) is 0 Å². The van der Waals surface area contributed by atoms with Crippen LogP contribution in [-0.4, -0.2) is 12.6 Å². The summed E-state index contributed by atoms with van der Waals surface area (Å²) in [7, 11) is 0. The third-order valence-corrected chi connectivity index (χ3v) is 4.61. The molecule has 1 fully saturated rings. The molecule has 0 aliphatic heterocycles. The van der Waals surface area contributed by atoms with Gasteiger partial charge in [-0.25, -0.2) is 4.79 Å². The van der Waals surface area contributed by atoms with E-state index in [4.69, 9.17) is 4.74 Å². The Labute approximate surface area is 131 Å². The number of rotatable bonds is 9. The molecule has 0 heterocycles. The predicted molar refractivity (Wildman–Crippen MR) is 89.1 cm³/mol. The highest BCUT2D eigenvalue weighted by molar-refractivity contribution is 5.86. The van der Waals surface area contributed by atoms with Crippen molar-refractivity contribution in [3.8, 4) is 0 Å². The van der Waals surface area contributed by atoms with Gasteiger partial charge in [-0.15, -0.1) is 0 Å². The fourth-order valence-electron chi connectivity index (χ4n) is 3.42. The van der Waals surface area contributed by atoms with Gasteiger partial charge in [0.25, 0.3) is 0 Å². The highest BCUT2D eigenvalue weighted by Gasteiger charge is 2.21. The Bertz CT molecular complexity index is 312. The highest BCUT2D eigenvalue weighted by Crippen LogP contribution is 2.34. The van der Waals surface area contributed by atoms with E-state index >= 15 is 0 Å². The van der Waals surface area contributed by atoms with Crippen LogP contribution in [0.25, 0.3) is 0 Å². The molecule has 21 heavy (non-hydrogen) atoms. The third-order valence-electron chi connectivity index (χ3n) is 4.61. The maximum atomic E-state index is 11.2. The van der Waals surface area contributed by atoms with Crippen molar-refractivity contribution in [2.45, 2.75) is 78.6 Å². The van der Waals surface area contributed by atoms with Gasteiger partial charge in [0.2, 0.25) is 0 Å². The van der Waals surface area contributed by atoms with Crippen LogP contribution in [0.1, 0.15) is 78.6 Å². The summed E-state index contributed by atoms with van der Waals surface area (Å²) in [6.07, 6.45) is 12.0. The van der Waals surface area contributed by atoms with Gasteiger partial charge >= 0.3 is 5.97 Å². The standard InChI is InChI=1S/C19H34O2/c1-15(2)14-18-11-9-17(10-12-18)8-6-5-7-13-21-19(20)16(3)4/h15,17-18H,3,5-14H2,1-2,4H3. The molecule has 0 spiro atoms. The third kappa shape index (κ3) is 8.28. The molecule has 2 nitrogen and oxygen atoms in total. The summed E-state index contributed by atoms with van der Waals surface area (Å²) >= 11 is 0. The van der Waals surface area contributed by atoms with Crippen molar-refractivity contribution in [1.82, 2.24) is 0 Å². The molecule has 0 amide bonds. The van der Waals surface area contributed by atoms with Crippen molar-refractivity contribution >= 4 is 5.97 Å². The lowest BCUT2D eigenvalue weighted by Gasteiger charge is -2.29. The van der Waals surface area contributed by atoms with Gasteiger partial charge in [0.1, 0.15) is 0 Å². The number of ether oxygens (including phenoxy) is 1. The van der Waals surface area contributed by atoms with Crippen LogP contribution in [-0.2, 0) is 9.53 Å². The second-order valence-electron chi connectivity index (χ2n) is 7.28. The van der Waals surface area contributed by atoms with E-state index in [-0.39, 0.29) is 5.97 Å². The summed E-state index contributed by atoms with van der Waals surface area (Å²) in [6.45, 7) is 10.5. The van der Waals surface area contributed by atoms with Crippen LogP contribution in [0.15, 0.2) is 12.2 Å². The maximum Gasteiger partial charge on any atom is 0.333 e. The average Bonchev–Trinajstić information content (AvgIpc) is 2.43. The molecule has 0 radical (unpaired) electrons. The van der Waals surface area contributed by atoms with Crippen LogP contribution < -0.4 is 0 Å². The van der Waals surface area contributed by atoms with Crippen LogP contribution in [0.5, 0.6) is 0 Å². The van der Waals surface area contributed by atoms with E-state index < -0.39 is 0 Å². The maximum absolute atomic E-state index is 11.2. The molecule has 1 saturated carbocycles. The molecule has 0 bridgehead atoms. The molecule has 1 aliphatic rings. The Morgan fingerprint density at radius 1 is 1.10 bits per heavy atom. The highest BCUT2D eigenvalue weighted by atomic mass is 16.5. The molecule has 1 aliphatic carbocycles. The average molecular weight is 294 g/mol. The molecule has 0 atom stereocenters. The molecular weight excluding hydrogens is 260 g/mol. The van der Waals surface area contributed by atoms with Crippen molar-refractivity contribution in [2.75, 3.05) is 6.61 Å². The van der Waals surface area contributed by atoms with Gasteiger partial charge < -0.3 is 4.74 Å². The first-order valence-corrected chi connectivity index (χ1v) is 8.81. The van der Waals surface area contributed by atoms with Crippen molar-refractivity contribution in [1.29, 1.82) is 0 Å². The predicted octanol–water partition coefficient (Wildman–Crippen LogP) is 5.52. The van der Waals surface area contributed by atoms with Crippen LogP contribution in [0.3, 0.4) is 0 Å². The van der Waals surface area contributed by atoms with E-state index in [0.29, 0.717) is 12.2 Å². The van der Waals surface area contributed by atoms with E-state index in [9.17, 15) is 4.79 Å². The second-order valence-corrected chi connectivity index (χ2v) is 7.28. The minimum atomic E-state index is -0.251. The van der Waals surface area contributed by atoms with Crippen LogP contribution >= 0.6 is 0 Å². The van der Waals surface area contributed by atoms with Gasteiger partial charge in [-0.2, -0.15) is 0 Å². The summed E-state index contributed by atoms with van der Waals surface area (Å²) in [4.78, 5) is 11.2. The number of carbonyl (C=O) groups excluding carboxylic acids is 1. The van der Waals surface area contributed by atoms with Crippen molar-refractivity contribution in [3.05, 3.63) is 12.2 Å². The first kappa shape index (κ1) is 18.3. The van der Waals surface area contributed by atoms with Gasteiger partial charge in [-0.05, 0) is 37.5 Å². The Morgan fingerprint density at radius 2 is 1.71 bits per heavy atom. The summed E-state index contributed by atoms with van der Waals surface area (Å²) in [6, 6.07) is 0. The van der Waals surface area contributed by atoms with Crippen LogP contribution in [0.4, 0.5) is 0 Å². The zero-order valence-corrected chi connectivity index (χ0v) is 14.3. The minimum absolute atomic E-state index is 0.251. The normalized spacial score (nSPS) is 22.3. The number of hydrogen-bond donors (Lipinski definition) is 0. The van der Waals surface area contributed by atoms with Gasteiger partial charge in [0, 0.05) is 5.57 Å². The molecule has 0 saturated heterocycles. The molecule has 0 N–H and O–H groups in total. The van der Waals surface area contributed by atoms with E-state index in [1.54, 1.807) is 6.92 Å². The molecule has 0 aromatic heterocycles. The number of unbranched alkanes of at least 4 members (excludes halogenated alkanes) is 2. The zero-order valence-electron chi connectivity index (χ0n) is 14.3. The fourth-order valence-corrected chi connectivity index (χ4v) is 3.42. The molecule has 0 aromatic carbocycles. The summed E-state index contributed by atoms with van der Waals surface area (Å²) in [5.74, 6) is 2.54. The molecular formula is C19H34O2. The lowest BCUT2D eigenvalue weighted by atomic mass is 9.77. The van der Waals surface area contributed by atoms with E-state index in [2.05, 4.69) is 20.4 Å². The number of hydrogen-bond acceptors (Lipinski definition) is 2. The van der Waals surface area contributed by atoms with Gasteiger partial charge in [-0.1, -0.05) is 65.4 Å². The SMILES string of the molecule is C=C(C)C(=O)OCCCCCC1CCC(CC(C)C)CC1. The number of esters is 1. The first-order chi connectivity index (χ1) is 9.99. The van der Waals surface area contributed by atoms with Crippen molar-refractivity contribution in [2.24, 2.45) is 17.8 Å². The van der Waals surface area contributed by atoms with Crippen molar-refractivity contribution in [3.63, 3.8) is 0 Å². The Kier molecular flexibility index (Phi) is 8.72. The number of carbonyl (C=O) groups is 1. The quantitative estimate of drug-likeness (QED) is 0.318.